The molecule has 9 heteroatoms. The first-order valence-corrected chi connectivity index (χ1v) is 10.2. The SMILES string of the molecule is COc1ccc(C(=O)On2c(-c3cc(OC)c(OC)c(OC)c3)nc3ccccc3c2=O)cc1. The van der Waals surface area contributed by atoms with Crippen molar-refractivity contribution in [1.29, 1.82) is 0 Å². The highest BCUT2D eigenvalue weighted by atomic mass is 16.7. The van der Waals surface area contributed by atoms with Gasteiger partial charge in [0.15, 0.2) is 17.3 Å². The highest BCUT2D eigenvalue weighted by molar-refractivity contribution is 5.90. The molecule has 4 aromatic rings. The van der Waals surface area contributed by atoms with Crippen molar-refractivity contribution in [3.05, 3.63) is 76.6 Å². The van der Waals surface area contributed by atoms with Crippen molar-refractivity contribution in [2.75, 3.05) is 28.4 Å². The summed E-state index contributed by atoms with van der Waals surface area (Å²) in [7, 11) is 5.97. The maximum atomic E-state index is 13.4. The molecule has 0 N–H and O–H groups in total. The molecule has 0 fully saturated rings. The van der Waals surface area contributed by atoms with Gasteiger partial charge >= 0.3 is 5.97 Å². The van der Waals surface area contributed by atoms with Gasteiger partial charge < -0.3 is 23.8 Å². The predicted molar refractivity (Wildman–Crippen MR) is 125 cm³/mol. The van der Waals surface area contributed by atoms with Gasteiger partial charge in [-0.1, -0.05) is 12.1 Å². The second-order valence-electron chi connectivity index (χ2n) is 7.07. The predicted octanol–water partition coefficient (Wildman–Crippen LogP) is 3.37. The molecule has 0 atom stereocenters. The van der Waals surface area contributed by atoms with Crippen molar-refractivity contribution >= 4 is 16.9 Å². The third-order valence-corrected chi connectivity index (χ3v) is 5.16. The second kappa shape index (κ2) is 9.53. The summed E-state index contributed by atoms with van der Waals surface area (Å²) in [6.45, 7) is 0. The molecule has 174 valence electrons. The van der Waals surface area contributed by atoms with Crippen LogP contribution in [-0.4, -0.2) is 44.1 Å². The van der Waals surface area contributed by atoms with Crippen LogP contribution in [0.4, 0.5) is 0 Å². The van der Waals surface area contributed by atoms with E-state index < -0.39 is 11.5 Å². The average molecular weight is 462 g/mol. The molecular weight excluding hydrogens is 440 g/mol. The lowest BCUT2D eigenvalue weighted by atomic mass is 10.1. The number of carbonyl (C=O) groups excluding carboxylic acids is 1. The van der Waals surface area contributed by atoms with Crippen LogP contribution in [0.5, 0.6) is 23.0 Å². The molecule has 0 bridgehead atoms. The lowest BCUT2D eigenvalue weighted by molar-refractivity contribution is 0.0449. The molecule has 0 radical (unpaired) electrons. The van der Waals surface area contributed by atoms with Crippen molar-refractivity contribution in [2.24, 2.45) is 0 Å². The molecule has 0 unspecified atom stereocenters. The van der Waals surface area contributed by atoms with Crippen LogP contribution >= 0.6 is 0 Å². The minimum Gasteiger partial charge on any atom is -0.497 e. The van der Waals surface area contributed by atoms with E-state index in [1.54, 1.807) is 60.7 Å². The molecule has 0 saturated heterocycles. The standard InChI is InChI=1S/C25H22N2O7/c1-30-17-11-9-15(10-12-17)25(29)34-27-23(26-19-8-6-5-7-18(19)24(27)28)16-13-20(31-2)22(33-4)21(14-16)32-3/h5-14H,1-4H3. The third kappa shape index (κ3) is 4.11. The molecule has 0 amide bonds. The fraction of sp³-hybridized carbons (Fsp3) is 0.160. The van der Waals surface area contributed by atoms with E-state index in [-0.39, 0.29) is 11.4 Å². The maximum Gasteiger partial charge on any atom is 0.363 e. The van der Waals surface area contributed by atoms with E-state index in [1.807, 2.05) is 0 Å². The van der Waals surface area contributed by atoms with Crippen molar-refractivity contribution in [3.8, 4) is 34.4 Å². The summed E-state index contributed by atoms with van der Waals surface area (Å²) in [6.07, 6.45) is 0. The number of hydrogen-bond donors (Lipinski definition) is 0. The first kappa shape index (κ1) is 22.7. The minimum atomic E-state index is -0.740. The van der Waals surface area contributed by atoms with Crippen LogP contribution in [0.15, 0.2) is 65.5 Å². The molecule has 0 spiro atoms. The van der Waals surface area contributed by atoms with Gasteiger partial charge in [-0.2, -0.15) is 0 Å². The number of benzene rings is 3. The molecule has 9 nitrogen and oxygen atoms in total. The summed E-state index contributed by atoms with van der Waals surface area (Å²) >= 11 is 0. The van der Waals surface area contributed by atoms with Crippen molar-refractivity contribution in [3.63, 3.8) is 0 Å². The quantitative estimate of drug-likeness (QED) is 0.412. The Labute approximate surface area is 195 Å². The van der Waals surface area contributed by atoms with Gasteiger partial charge in [0.25, 0.3) is 5.56 Å². The second-order valence-corrected chi connectivity index (χ2v) is 7.07. The molecule has 4 rings (SSSR count). The Kier molecular flexibility index (Phi) is 6.35. The summed E-state index contributed by atoms with van der Waals surface area (Å²) in [6, 6.07) is 16.4. The molecule has 0 aliphatic carbocycles. The third-order valence-electron chi connectivity index (χ3n) is 5.16. The number of carbonyl (C=O) groups is 1. The van der Waals surface area contributed by atoms with E-state index in [1.165, 1.54) is 28.4 Å². The number of nitrogens with zero attached hydrogens (tertiary/aromatic N) is 2. The number of aromatic nitrogens is 2. The molecule has 0 aliphatic rings. The minimum absolute atomic E-state index is 0.0878. The number of ether oxygens (including phenoxy) is 4. The van der Waals surface area contributed by atoms with E-state index >= 15 is 0 Å². The molecule has 3 aromatic carbocycles. The normalized spacial score (nSPS) is 10.6. The smallest absolute Gasteiger partial charge is 0.363 e. The van der Waals surface area contributed by atoms with Crippen LogP contribution in [0.3, 0.4) is 0 Å². The van der Waals surface area contributed by atoms with Gasteiger partial charge in [0.2, 0.25) is 5.75 Å². The molecule has 0 saturated carbocycles. The summed E-state index contributed by atoms with van der Waals surface area (Å²) < 4.78 is 22.2. The van der Waals surface area contributed by atoms with Gasteiger partial charge in [0.1, 0.15) is 5.75 Å². The Morgan fingerprint density at radius 3 is 2.06 bits per heavy atom. The van der Waals surface area contributed by atoms with Crippen LogP contribution < -0.4 is 29.3 Å². The van der Waals surface area contributed by atoms with Gasteiger partial charge in [-0.05, 0) is 48.5 Å². The molecule has 1 heterocycles. The molecule has 34 heavy (non-hydrogen) atoms. The molecule has 1 aromatic heterocycles. The molecular formula is C25H22N2O7. The van der Waals surface area contributed by atoms with E-state index in [0.717, 1.165) is 4.73 Å². The largest absolute Gasteiger partial charge is 0.497 e. The Morgan fingerprint density at radius 2 is 1.47 bits per heavy atom. The highest BCUT2D eigenvalue weighted by Gasteiger charge is 2.21. The van der Waals surface area contributed by atoms with E-state index in [9.17, 15) is 9.59 Å². The Hall–Kier alpha value is -4.53. The zero-order valence-electron chi connectivity index (χ0n) is 19.0. The number of methoxy groups -OCH3 is 4. The summed E-state index contributed by atoms with van der Waals surface area (Å²) in [5.41, 5.74) is 0.542. The fourth-order valence-electron chi connectivity index (χ4n) is 3.46. The van der Waals surface area contributed by atoms with Gasteiger partial charge in [0, 0.05) is 5.56 Å². The number of para-hydroxylation sites is 1. The van der Waals surface area contributed by atoms with Crippen molar-refractivity contribution in [2.45, 2.75) is 0 Å². The van der Waals surface area contributed by atoms with Crippen LogP contribution in [0.2, 0.25) is 0 Å². The van der Waals surface area contributed by atoms with Crippen molar-refractivity contribution < 1.29 is 28.6 Å². The Morgan fingerprint density at radius 1 is 0.824 bits per heavy atom. The summed E-state index contributed by atoms with van der Waals surface area (Å²) in [4.78, 5) is 36.4. The number of rotatable bonds is 7. The van der Waals surface area contributed by atoms with E-state index in [2.05, 4.69) is 4.98 Å². The average Bonchev–Trinajstić information content (AvgIpc) is 2.89. The van der Waals surface area contributed by atoms with Gasteiger partial charge in [-0.25, -0.2) is 9.78 Å². The lowest BCUT2D eigenvalue weighted by Gasteiger charge is -2.16. The van der Waals surface area contributed by atoms with Crippen LogP contribution in [-0.2, 0) is 0 Å². The summed E-state index contributed by atoms with van der Waals surface area (Å²) in [5, 5.41) is 0.293. The first-order valence-electron chi connectivity index (χ1n) is 10.2. The number of hydrogen-bond acceptors (Lipinski definition) is 8. The van der Waals surface area contributed by atoms with Crippen LogP contribution in [0, 0.1) is 0 Å². The highest BCUT2D eigenvalue weighted by Crippen LogP contribution is 2.40. The van der Waals surface area contributed by atoms with Gasteiger partial charge in [0.05, 0.1) is 44.9 Å². The summed E-state index contributed by atoms with van der Waals surface area (Å²) in [5.74, 6) is 1.01. The topological polar surface area (TPSA) is 98.1 Å². The maximum absolute atomic E-state index is 13.4. The van der Waals surface area contributed by atoms with Gasteiger partial charge in [-0.15, -0.1) is 4.73 Å². The lowest BCUT2D eigenvalue weighted by Crippen LogP contribution is -2.33. The Balaban J connectivity index is 1.90. The van der Waals surface area contributed by atoms with E-state index in [4.69, 9.17) is 23.8 Å². The van der Waals surface area contributed by atoms with Crippen molar-refractivity contribution in [1.82, 2.24) is 9.71 Å². The van der Waals surface area contributed by atoms with E-state index in [0.29, 0.717) is 39.5 Å². The van der Waals surface area contributed by atoms with Crippen LogP contribution in [0.25, 0.3) is 22.3 Å². The zero-order chi connectivity index (χ0) is 24.2. The monoisotopic (exact) mass is 462 g/mol. The van der Waals surface area contributed by atoms with Gasteiger partial charge in [-0.3, -0.25) is 4.79 Å². The first-order chi connectivity index (χ1) is 16.5. The number of fused-ring (bicyclic) bond motifs is 1. The molecule has 0 aliphatic heterocycles. The Bertz CT molecular complexity index is 1390. The van der Waals surface area contributed by atoms with Crippen LogP contribution in [0.1, 0.15) is 10.4 Å². The fourth-order valence-corrected chi connectivity index (χ4v) is 3.46. The zero-order valence-corrected chi connectivity index (χ0v) is 19.0.